The van der Waals surface area contributed by atoms with Crippen LogP contribution in [0.3, 0.4) is 0 Å². The third-order valence-corrected chi connectivity index (χ3v) is 6.44. The van der Waals surface area contributed by atoms with Gasteiger partial charge in [-0.1, -0.05) is 60.7 Å². The fourth-order valence-corrected chi connectivity index (χ4v) is 4.79. The van der Waals surface area contributed by atoms with Crippen LogP contribution in [0.5, 0.6) is 0 Å². The smallest absolute Gasteiger partial charge is 0.235 e. The van der Waals surface area contributed by atoms with Crippen LogP contribution in [0.15, 0.2) is 101 Å². The molecule has 1 saturated heterocycles. The van der Waals surface area contributed by atoms with E-state index in [1.54, 1.807) is 12.3 Å². The highest BCUT2D eigenvalue weighted by Crippen LogP contribution is 2.39. The first kappa shape index (κ1) is 21.7. The number of nitrogen functional groups attached to an aromatic ring is 1. The fourth-order valence-electron chi connectivity index (χ4n) is 4.79. The number of nitrogens with two attached hydrogens (primary N) is 1. The fraction of sp³-hybridized carbons (Fsp3) is 0.222. The van der Waals surface area contributed by atoms with E-state index >= 15 is 0 Å². The van der Waals surface area contributed by atoms with Crippen molar-refractivity contribution in [2.24, 2.45) is 16.1 Å². The molecule has 2 aromatic carbocycles. The number of pyridine rings is 1. The van der Waals surface area contributed by atoms with Crippen LogP contribution in [-0.4, -0.2) is 34.3 Å². The first-order chi connectivity index (χ1) is 16.6. The molecule has 0 bridgehead atoms. The Morgan fingerprint density at radius 2 is 1.71 bits per heavy atom. The summed E-state index contributed by atoms with van der Waals surface area (Å²) in [7, 11) is 0. The molecule has 1 fully saturated rings. The minimum atomic E-state index is -0.423. The van der Waals surface area contributed by atoms with E-state index in [9.17, 15) is 9.59 Å². The van der Waals surface area contributed by atoms with E-state index in [1.807, 2.05) is 72.8 Å². The van der Waals surface area contributed by atoms with Gasteiger partial charge >= 0.3 is 0 Å². The van der Waals surface area contributed by atoms with Crippen LogP contribution < -0.4 is 5.73 Å². The second-order valence-corrected chi connectivity index (χ2v) is 8.58. The van der Waals surface area contributed by atoms with Gasteiger partial charge in [0.25, 0.3) is 0 Å². The van der Waals surface area contributed by atoms with Crippen LogP contribution in [0.4, 0.5) is 5.82 Å². The molecule has 170 valence electrons. The summed E-state index contributed by atoms with van der Waals surface area (Å²) < 4.78 is 0. The normalized spacial score (nSPS) is 19.3. The van der Waals surface area contributed by atoms with Crippen molar-refractivity contribution < 1.29 is 9.59 Å². The second-order valence-electron chi connectivity index (χ2n) is 8.58. The van der Waals surface area contributed by atoms with Crippen molar-refractivity contribution in [1.29, 1.82) is 0 Å². The molecule has 0 spiro atoms. The van der Waals surface area contributed by atoms with Gasteiger partial charge in [-0.25, -0.2) is 4.98 Å². The number of azo groups is 1. The van der Waals surface area contributed by atoms with Gasteiger partial charge in [-0.05, 0) is 41.3 Å². The van der Waals surface area contributed by atoms with E-state index in [2.05, 4.69) is 15.2 Å². The number of anilines is 1. The Balaban J connectivity index is 1.41. The predicted molar refractivity (Wildman–Crippen MR) is 129 cm³/mol. The summed E-state index contributed by atoms with van der Waals surface area (Å²) in [6.07, 6.45) is 4.17. The van der Waals surface area contributed by atoms with Gasteiger partial charge in [0.15, 0.2) is 0 Å². The molecule has 0 aliphatic carbocycles. The zero-order valence-electron chi connectivity index (χ0n) is 18.6. The number of carbonyl (C=O) groups is 2. The molecule has 0 unspecified atom stereocenters. The largest absolute Gasteiger partial charge is 0.384 e. The lowest BCUT2D eigenvalue weighted by molar-refractivity contribution is -0.164. The molecule has 2 aliphatic rings. The van der Waals surface area contributed by atoms with Crippen LogP contribution in [0.1, 0.15) is 29.0 Å². The van der Waals surface area contributed by atoms with Crippen molar-refractivity contribution in [2.45, 2.75) is 24.8 Å². The van der Waals surface area contributed by atoms with E-state index < -0.39 is 6.04 Å². The molecule has 2 aliphatic heterocycles. The van der Waals surface area contributed by atoms with Crippen molar-refractivity contribution in [2.75, 3.05) is 12.3 Å². The van der Waals surface area contributed by atoms with Gasteiger partial charge in [0.1, 0.15) is 5.82 Å². The van der Waals surface area contributed by atoms with Crippen LogP contribution in [-0.2, 0) is 16.0 Å². The van der Waals surface area contributed by atoms with E-state index in [1.165, 1.54) is 4.90 Å². The maximum absolute atomic E-state index is 13.6. The molecule has 7 heteroatoms. The first-order valence-corrected chi connectivity index (χ1v) is 11.4. The molecule has 3 aromatic rings. The number of hydrogen-bond donors (Lipinski definition) is 1. The van der Waals surface area contributed by atoms with Gasteiger partial charge in [-0.15, -0.1) is 0 Å². The molecule has 2 amide bonds. The number of rotatable bonds is 7. The monoisotopic (exact) mass is 451 g/mol. The van der Waals surface area contributed by atoms with Crippen molar-refractivity contribution in [1.82, 2.24) is 9.88 Å². The lowest BCUT2D eigenvalue weighted by Gasteiger charge is -2.46. The Kier molecular flexibility index (Phi) is 5.99. The van der Waals surface area contributed by atoms with Gasteiger partial charge in [-0.2, -0.15) is 10.2 Å². The van der Waals surface area contributed by atoms with Gasteiger partial charge in [-0.3, -0.25) is 14.5 Å². The van der Waals surface area contributed by atoms with E-state index in [0.717, 1.165) is 16.7 Å². The number of imide groups is 1. The molecular weight excluding hydrogens is 426 g/mol. The quantitative estimate of drug-likeness (QED) is 0.546. The summed E-state index contributed by atoms with van der Waals surface area (Å²) in [5, 5.41) is 8.28. The molecule has 3 heterocycles. The SMILES string of the molecule is Nc1cc(C[C@H]2C(=O)N(C(=O)CC(c3ccccc3)c3ccccc3)[C@@H]2C2=CCN=N2)ccn1. The Bertz CT molecular complexity index is 1220. The molecule has 2 atom stereocenters. The highest BCUT2D eigenvalue weighted by molar-refractivity contribution is 6.03. The number of benzene rings is 2. The Labute approximate surface area is 198 Å². The number of likely N-dealkylation sites (tertiary alicyclic amines) is 1. The lowest BCUT2D eigenvalue weighted by atomic mass is 9.79. The number of carbonyl (C=O) groups excluding carboxylic acids is 2. The van der Waals surface area contributed by atoms with E-state index in [-0.39, 0.29) is 30.1 Å². The highest BCUT2D eigenvalue weighted by atomic mass is 16.2. The third kappa shape index (κ3) is 4.24. The second kappa shape index (κ2) is 9.39. The molecular formula is C27H25N5O2. The summed E-state index contributed by atoms with van der Waals surface area (Å²) >= 11 is 0. The molecule has 2 N–H and O–H groups in total. The van der Waals surface area contributed by atoms with E-state index in [4.69, 9.17) is 5.73 Å². The Hall–Kier alpha value is -4.13. The van der Waals surface area contributed by atoms with Crippen molar-refractivity contribution in [3.63, 3.8) is 0 Å². The van der Waals surface area contributed by atoms with Gasteiger partial charge < -0.3 is 5.73 Å². The molecule has 5 rings (SSSR count). The lowest BCUT2D eigenvalue weighted by Crippen LogP contribution is -2.64. The number of hydrogen-bond acceptors (Lipinski definition) is 6. The Morgan fingerprint density at radius 3 is 2.29 bits per heavy atom. The number of aromatic nitrogens is 1. The van der Waals surface area contributed by atoms with Crippen molar-refractivity contribution in [3.8, 4) is 0 Å². The maximum atomic E-state index is 13.6. The number of nitrogens with zero attached hydrogens (tertiary/aromatic N) is 4. The molecule has 0 radical (unpaired) electrons. The zero-order valence-corrected chi connectivity index (χ0v) is 18.6. The van der Waals surface area contributed by atoms with Gasteiger partial charge in [0, 0.05) is 18.5 Å². The third-order valence-electron chi connectivity index (χ3n) is 6.44. The first-order valence-electron chi connectivity index (χ1n) is 11.4. The molecule has 1 aromatic heterocycles. The Morgan fingerprint density at radius 1 is 1.03 bits per heavy atom. The average Bonchev–Trinajstić information content (AvgIpc) is 3.39. The summed E-state index contributed by atoms with van der Waals surface area (Å²) in [6, 6.07) is 23.0. The van der Waals surface area contributed by atoms with E-state index in [0.29, 0.717) is 24.5 Å². The van der Waals surface area contributed by atoms with Crippen molar-refractivity contribution in [3.05, 3.63) is 107 Å². The van der Waals surface area contributed by atoms with Gasteiger partial charge in [0.05, 0.1) is 24.2 Å². The average molecular weight is 452 g/mol. The van der Waals surface area contributed by atoms with Crippen LogP contribution in [0.2, 0.25) is 0 Å². The minimum Gasteiger partial charge on any atom is -0.384 e. The highest BCUT2D eigenvalue weighted by Gasteiger charge is 2.52. The predicted octanol–water partition coefficient (Wildman–Crippen LogP) is 4.13. The maximum Gasteiger partial charge on any atom is 0.235 e. The summed E-state index contributed by atoms with van der Waals surface area (Å²) in [5.41, 5.74) is 9.48. The standard InChI is InChI=1S/C27H25N5O2/c28-24-16-18(11-13-29-24)15-22-26(23-12-14-30-31-23)32(27(22)34)25(33)17-21(19-7-3-1-4-8-19)20-9-5-2-6-10-20/h1-13,16,21-22,26H,14-15,17H2,(H2,28,29)/t22-,26+/m1/s1. The van der Waals surface area contributed by atoms with Crippen molar-refractivity contribution >= 4 is 17.6 Å². The van der Waals surface area contributed by atoms with Crippen LogP contribution in [0, 0.1) is 5.92 Å². The summed E-state index contributed by atoms with van der Waals surface area (Å²) in [5.74, 6) is -0.529. The van der Waals surface area contributed by atoms with Gasteiger partial charge in [0.2, 0.25) is 11.8 Å². The number of amides is 2. The topological polar surface area (TPSA) is 101 Å². The molecule has 0 saturated carbocycles. The minimum absolute atomic E-state index is 0.151. The van der Waals surface area contributed by atoms with Crippen LogP contribution >= 0.6 is 0 Å². The zero-order chi connectivity index (χ0) is 23.5. The summed E-state index contributed by atoms with van der Waals surface area (Å²) in [4.78, 5) is 32.3. The summed E-state index contributed by atoms with van der Waals surface area (Å²) in [6.45, 7) is 0.466. The van der Waals surface area contributed by atoms with Crippen LogP contribution in [0.25, 0.3) is 0 Å². The molecule has 7 nitrogen and oxygen atoms in total. The molecule has 34 heavy (non-hydrogen) atoms. The number of β-lactam (4-membered cyclic amide) rings is 1.